The standard InChI is InChI=1S/C25H24ClF2NO2/c26-21-8-6-20(7-9-21)25(31-17-18-4-2-1-3-5-18)10-11-29-15-24(25)30-16-19-12-22(27)14-23(28)13-19/h1-9,12-14,24,29H,10-11,15-17H2/t24-,25+/m0/s1. The number of nitrogens with one attached hydrogen (secondary N) is 1. The number of hydrogen-bond acceptors (Lipinski definition) is 3. The van der Waals surface area contributed by atoms with Crippen LogP contribution in [0.1, 0.15) is 23.1 Å². The lowest BCUT2D eigenvalue weighted by molar-refractivity contribution is -0.176. The maximum absolute atomic E-state index is 13.6. The second-order valence-electron chi connectivity index (χ2n) is 7.70. The first kappa shape index (κ1) is 21.9. The molecule has 162 valence electrons. The van der Waals surface area contributed by atoms with E-state index in [2.05, 4.69) is 5.32 Å². The van der Waals surface area contributed by atoms with Crippen molar-refractivity contribution in [1.29, 1.82) is 0 Å². The smallest absolute Gasteiger partial charge is 0.126 e. The number of piperidine rings is 1. The van der Waals surface area contributed by atoms with Gasteiger partial charge in [0.2, 0.25) is 0 Å². The Labute approximate surface area is 186 Å². The van der Waals surface area contributed by atoms with Crippen LogP contribution < -0.4 is 5.32 Å². The lowest BCUT2D eigenvalue weighted by atomic mass is 9.82. The fraction of sp³-hybridized carbons (Fsp3) is 0.280. The first-order valence-corrected chi connectivity index (χ1v) is 10.6. The highest BCUT2D eigenvalue weighted by Crippen LogP contribution is 2.38. The molecule has 1 N–H and O–H groups in total. The Morgan fingerprint density at radius 1 is 0.903 bits per heavy atom. The summed E-state index contributed by atoms with van der Waals surface area (Å²) >= 11 is 6.12. The van der Waals surface area contributed by atoms with E-state index < -0.39 is 17.2 Å². The van der Waals surface area contributed by atoms with Gasteiger partial charge in [0.25, 0.3) is 0 Å². The van der Waals surface area contributed by atoms with Crippen LogP contribution in [0.4, 0.5) is 8.78 Å². The highest BCUT2D eigenvalue weighted by Gasteiger charge is 2.44. The van der Waals surface area contributed by atoms with E-state index in [9.17, 15) is 8.78 Å². The maximum Gasteiger partial charge on any atom is 0.126 e. The molecule has 0 aromatic heterocycles. The topological polar surface area (TPSA) is 30.5 Å². The summed E-state index contributed by atoms with van der Waals surface area (Å²) in [5, 5.41) is 3.99. The van der Waals surface area contributed by atoms with E-state index in [1.807, 2.05) is 54.6 Å². The molecule has 0 spiro atoms. The van der Waals surface area contributed by atoms with Gasteiger partial charge in [-0.05, 0) is 53.9 Å². The Bertz CT molecular complexity index is 980. The number of rotatable bonds is 7. The zero-order chi connectivity index (χ0) is 21.7. The zero-order valence-corrected chi connectivity index (χ0v) is 17.7. The molecule has 0 unspecified atom stereocenters. The Hall–Kier alpha value is -2.31. The molecule has 1 heterocycles. The minimum absolute atomic E-state index is 0.0745. The molecule has 1 aliphatic rings. The highest BCUT2D eigenvalue weighted by molar-refractivity contribution is 6.30. The molecule has 1 fully saturated rings. The second-order valence-corrected chi connectivity index (χ2v) is 8.14. The number of benzene rings is 3. The summed E-state index contributed by atoms with van der Waals surface area (Å²) in [5.41, 5.74) is 1.73. The Morgan fingerprint density at radius 2 is 1.61 bits per heavy atom. The van der Waals surface area contributed by atoms with Gasteiger partial charge in [-0.25, -0.2) is 8.78 Å². The van der Waals surface area contributed by atoms with Crippen molar-refractivity contribution in [1.82, 2.24) is 5.32 Å². The minimum atomic E-state index is -0.725. The van der Waals surface area contributed by atoms with Crippen LogP contribution in [-0.4, -0.2) is 19.2 Å². The number of hydrogen-bond donors (Lipinski definition) is 1. The van der Waals surface area contributed by atoms with Crippen LogP contribution in [0.25, 0.3) is 0 Å². The van der Waals surface area contributed by atoms with Gasteiger partial charge in [-0.3, -0.25) is 0 Å². The average Bonchev–Trinajstić information content (AvgIpc) is 2.77. The molecule has 2 atom stereocenters. The van der Waals surface area contributed by atoms with Crippen LogP contribution in [0.3, 0.4) is 0 Å². The van der Waals surface area contributed by atoms with Crippen molar-refractivity contribution in [3.63, 3.8) is 0 Å². The fourth-order valence-electron chi connectivity index (χ4n) is 4.01. The Kier molecular flexibility index (Phi) is 6.98. The summed E-state index contributed by atoms with van der Waals surface area (Å²) in [4.78, 5) is 0. The third-order valence-electron chi connectivity index (χ3n) is 5.57. The van der Waals surface area contributed by atoms with Gasteiger partial charge in [-0.15, -0.1) is 0 Å². The van der Waals surface area contributed by atoms with Crippen LogP contribution in [0.5, 0.6) is 0 Å². The van der Waals surface area contributed by atoms with E-state index in [4.69, 9.17) is 21.1 Å². The lowest BCUT2D eigenvalue weighted by Crippen LogP contribution is -2.54. The van der Waals surface area contributed by atoms with Gasteiger partial charge in [-0.2, -0.15) is 0 Å². The predicted octanol–water partition coefficient (Wildman–Crippen LogP) is 5.61. The van der Waals surface area contributed by atoms with E-state index in [-0.39, 0.29) is 12.7 Å². The van der Waals surface area contributed by atoms with Crippen molar-refractivity contribution >= 4 is 11.6 Å². The van der Waals surface area contributed by atoms with Gasteiger partial charge < -0.3 is 14.8 Å². The summed E-state index contributed by atoms with van der Waals surface area (Å²) in [6.45, 7) is 1.80. The van der Waals surface area contributed by atoms with Gasteiger partial charge in [0.05, 0.1) is 13.2 Å². The van der Waals surface area contributed by atoms with Gasteiger partial charge in [0, 0.05) is 17.6 Å². The SMILES string of the molecule is Fc1cc(F)cc(CO[C@H]2CNCC[C@@]2(OCc2ccccc2)c2ccc(Cl)cc2)c1. The number of halogens is 3. The Balaban J connectivity index is 1.61. The van der Waals surface area contributed by atoms with Crippen LogP contribution in [0, 0.1) is 11.6 Å². The average molecular weight is 444 g/mol. The molecule has 0 amide bonds. The maximum atomic E-state index is 13.6. The van der Waals surface area contributed by atoms with Gasteiger partial charge in [0.15, 0.2) is 0 Å². The highest BCUT2D eigenvalue weighted by atomic mass is 35.5. The van der Waals surface area contributed by atoms with E-state index in [1.54, 1.807) is 0 Å². The predicted molar refractivity (Wildman–Crippen MR) is 117 cm³/mol. The molecule has 0 saturated carbocycles. The summed E-state index contributed by atoms with van der Waals surface area (Å²) in [5.74, 6) is -1.24. The largest absolute Gasteiger partial charge is 0.369 e. The molecule has 4 rings (SSSR count). The molecule has 0 radical (unpaired) electrons. The zero-order valence-electron chi connectivity index (χ0n) is 17.0. The lowest BCUT2D eigenvalue weighted by Gasteiger charge is -2.44. The second kappa shape index (κ2) is 9.88. The minimum Gasteiger partial charge on any atom is -0.369 e. The van der Waals surface area contributed by atoms with E-state index in [1.165, 1.54) is 12.1 Å². The third-order valence-corrected chi connectivity index (χ3v) is 5.82. The van der Waals surface area contributed by atoms with Gasteiger partial charge in [0.1, 0.15) is 23.3 Å². The van der Waals surface area contributed by atoms with Crippen molar-refractivity contribution in [2.45, 2.75) is 31.3 Å². The monoisotopic (exact) mass is 443 g/mol. The van der Waals surface area contributed by atoms with Crippen molar-refractivity contribution in [3.8, 4) is 0 Å². The quantitative estimate of drug-likeness (QED) is 0.515. The van der Waals surface area contributed by atoms with Crippen molar-refractivity contribution < 1.29 is 18.3 Å². The van der Waals surface area contributed by atoms with Gasteiger partial charge >= 0.3 is 0 Å². The van der Waals surface area contributed by atoms with E-state index >= 15 is 0 Å². The van der Waals surface area contributed by atoms with Crippen LogP contribution in [0.15, 0.2) is 72.8 Å². The number of ether oxygens (including phenoxy) is 2. The molecule has 1 aliphatic heterocycles. The normalized spacial score (nSPS) is 21.2. The van der Waals surface area contributed by atoms with Crippen LogP contribution in [-0.2, 0) is 28.3 Å². The van der Waals surface area contributed by atoms with Crippen LogP contribution in [0.2, 0.25) is 5.02 Å². The summed E-state index contributed by atoms with van der Waals surface area (Å²) in [6.07, 6.45) is 0.321. The first-order chi connectivity index (χ1) is 15.0. The Morgan fingerprint density at radius 3 is 2.32 bits per heavy atom. The summed E-state index contributed by atoms with van der Waals surface area (Å²) in [7, 11) is 0. The molecule has 0 bridgehead atoms. The van der Waals surface area contributed by atoms with Crippen molar-refractivity contribution in [2.24, 2.45) is 0 Å². The molecule has 3 nitrogen and oxygen atoms in total. The van der Waals surface area contributed by atoms with E-state index in [0.29, 0.717) is 30.2 Å². The summed E-state index contributed by atoms with van der Waals surface area (Å²) < 4.78 is 40.0. The van der Waals surface area contributed by atoms with Crippen molar-refractivity contribution in [3.05, 3.63) is 106 Å². The van der Waals surface area contributed by atoms with Gasteiger partial charge in [-0.1, -0.05) is 54.1 Å². The molecular weight excluding hydrogens is 420 g/mol. The molecular formula is C25H24ClF2NO2. The molecule has 0 aliphatic carbocycles. The van der Waals surface area contributed by atoms with Crippen LogP contribution >= 0.6 is 11.6 Å². The molecule has 31 heavy (non-hydrogen) atoms. The van der Waals surface area contributed by atoms with E-state index in [0.717, 1.165) is 23.7 Å². The first-order valence-electron chi connectivity index (χ1n) is 10.3. The molecule has 1 saturated heterocycles. The molecule has 3 aromatic carbocycles. The molecule has 3 aromatic rings. The van der Waals surface area contributed by atoms with Crippen molar-refractivity contribution in [2.75, 3.05) is 13.1 Å². The summed E-state index contributed by atoms with van der Waals surface area (Å²) in [6, 6.07) is 21.0. The fourth-order valence-corrected chi connectivity index (χ4v) is 4.14. The third kappa shape index (κ3) is 5.31. The molecule has 6 heteroatoms.